The number of carbonyl (C=O) groups is 1. The van der Waals surface area contributed by atoms with Gasteiger partial charge >= 0.3 is 0 Å². The minimum Gasteiger partial charge on any atom is -0.492 e. The number of para-hydroxylation sites is 1. The van der Waals surface area contributed by atoms with Crippen LogP contribution in [-0.2, 0) is 16.4 Å². The van der Waals surface area contributed by atoms with Crippen LogP contribution in [0.1, 0.15) is 29.8 Å². The average Bonchev–Trinajstić information content (AvgIpc) is 2.79. The smallest absolute Gasteiger partial charge is 0.259 e. The molecule has 0 saturated heterocycles. The zero-order valence-electron chi connectivity index (χ0n) is 18.2. The number of hydrogen-bond acceptors (Lipinski definition) is 4. The van der Waals surface area contributed by atoms with Gasteiger partial charge in [-0.05, 0) is 54.3 Å². The number of benzene rings is 3. The predicted molar refractivity (Wildman–Crippen MR) is 127 cm³/mol. The van der Waals surface area contributed by atoms with Gasteiger partial charge in [-0.2, -0.15) is 0 Å². The molecule has 0 radical (unpaired) electrons. The predicted octanol–water partition coefficient (Wildman–Crippen LogP) is 4.49. The van der Waals surface area contributed by atoms with E-state index in [1.54, 1.807) is 30.3 Å². The van der Waals surface area contributed by atoms with Gasteiger partial charge in [0.1, 0.15) is 5.75 Å². The highest BCUT2D eigenvalue weighted by atomic mass is 32.2. The molecule has 0 aliphatic rings. The molecular weight excluding hydrogens is 424 g/mol. The molecular formula is C25H28N2O4S. The van der Waals surface area contributed by atoms with Crippen molar-refractivity contribution in [1.29, 1.82) is 0 Å². The molecule has 0 unspecified atom stereocenters. The van der Waals surface area contributed by atoms with E-state index in [0.717, 1.165) is 5.56 Å². The van der Waals surface area contributed by atoms with Crippen molar-refractivity contribution in [1.82, 2.24) is 4.72 Å². The van der Waals surface area contributed by atoms with Crippen LogP contribution in [0.15, 0.2) is 83.8 Å². The number of ether oxygens (including phenoxy) is 1. The highest BCUT2D eigenvalue weighted by molar-refractivity contribution is 7.89. The summed E-state index contributed by atoms with van der Waals surface area (Å²) < 4.78 is 33.4. The van der Waals surface area contributed by atoms with E-state index in [1.165, 1.54) is 12.1 Å². The maximum Gasteiger partial charge on any atom is 0.259 e. The SMILES string of the molecule is CC(C)COc1ccccc1C(=O)Nc1ccc(S(=O)(=O)NCCc2ccccc2)cc1. The van der Waals surface area contributed by atoms with E-state index < -0.39 is 10.0 Å². The maximum absolute atomic E-state index is 12.7. The van der Waals surface area contributed by atoms with E-state index in [1.807, 2.05) is 50.2 Å². The van der Waals surface area contributed by atoms with Gasteiger partial charge in [0, 0.05) is 12.2 Å². The Morgan fingerprint density at radius 1 is 0.906 bits per heavy atom. The molecule has 6 nitrogen and oxygen atoms in total. The van der Waals surface area contributed by atoms with Crippen molar-refractivity contribution in [3.63, 3.8) is 0 Å². The molecule has 3 rings (SSSR count). The van der Waals surface area contributed by atoms with Crippen molar-refractivity contribution in [3.05, 3.63) is 90.0 Å². The third-order valence-corrected chi connectivity index (χ3v) is 6.15. The second kappa shape index (κ2) is 10.9. The van der Waals surface area contributed by atoms with Crippen molar-refractivity contribution in [2.45, 2.75) is 25.2 Å². The molecule has 7 heteroatoms. The van der Waals surface area contributed by atoms with E-state index in [4.69, 9.17) is 4.74 Å². The summed E-state index contributed by atoms with van der Waals surface area (Å²) in [5, 5.41) is 2.80. The Balaban J connectivity index is 1.61. The Hall–Kier alpha value is -3.16. The van der Waals surface area contributed by atoms with Crippen LogP contribution in [0.25, 0.3) is 0 Å². The molecule has 0 bridgehead atoms. The number of nitrogens with one attached hydrogen (secondary N) is 2. The average molecular weight is 453 g/mol. The zero-order chi connectivity index (χ0) is 23.0. The molecule has 0 heterocycles. The van der Waals surface area contributed by atoms with Crippen molar-refractivity contribution in [3.8, 4) is 5.75 Å². The summed E-state index contributed by atoms with van der Waals surface area (Å²) >= 11 is 0. The molecule has 0 aliphatic heterocycles. The number of rotatable bonds is 10. The summed E-state index contributed by atoms with van der Waals surface area (Å²) in [4.78, 5) is 12.9. The number of carbonyl (C=O) groups excluding carboxylic acids is 1. The number of amides is 1. The quantitative estimate of drug-likeness (QED) is 0.475. The lowest BCUT2D eigenvalue weighted by Gasteiger charge is -2.13. The first-order valence-corrected chi connectivity index (χ1v) is 12.0. The van der Waals surface area contributed by atoms with Crippen molar-refractivity contribution >= 4 is 21.6 Å². The minimum absolute atomic E-state index is 0.143. The zero-order valence-corrected chi connectivity index (χ0v) is 19.1. The topological polar surface area (TPSA) is 84.5 Å². The second-order valence-corrected chi connectivity index (χ2v) is 9.58. The molecule has 3 aromatic carbocycles. The number of anilines is 1. The standard InChI is InChI=1S/C25H28N2O4S/c1-19(2)18-31-24-11-7-6-10-23(24)25(28)27-21-12-14-22(15-13-21)32(29,30)26-17-16-20-8-4-3-5-9-20/h3-15,19,26H,16-18H2,1-2H3,(H,27,28). The lowest BCUT2D eigenvalue weighted by atomic mass is 10.1. The van der Waals surface area contributed by atoms with Crippen LogP contribution in [0.2, 0.25) is 0 Å². The van der Waals surface area contributed by atoms with Gasteiger partial charge in [-0.25, -0.2) is 13.1 Å². The summed E-state index contributed by atoms with van der Waals surface area (Å²) in [7, 11) is -3.63. The van der Waals surface area contributed by atoms with E-state index >= 15 is 0 Å². The lowest BCUT2D eigenvalue weighted by molar-refractivity contribution is 0.102. The lowest BCUT2D eigenvalue weighted by Crippen LogP contribution is -2.26. The van der Waals surface area contributed by atoms with Crippen molar-refractivity contribution in [2.75, 3.05) is 18.5 Å². The monoisotopic (exact) mass is 452 g/mol. The van der Waals surface area contributed by atoms with Crippen LogP contribution in [0.5, 0.6) is 5.75 Å². The summed E-state index contributed by atoms with van der Waals surface area (Å²) in [6.45, 7) is 4.88. The third-order valence-electron chi connectivity index (χ3n) is 4.67. The molecule has 32 heavy (non-hydrogen) atoms. The summed E-state index contributed by atoms with van der Waals surface area (Å²) in [6, 6.07) is 22.8. The van der Waals surface area contributed by atoms with Crippen LogP contribution in [-0.4, -0.2) is 27.5 Å². The van der Waals surface area contributed by atoms with Gasteiger partial charge in [-0.3, -0.25) is 4.79 Å². The van der Waals surface area contributed by atoms with Crippen molar-refractivity contribution in [2.24, 2.45) is 5.92 Å². The van der Waals surface area contributed by atoms with Crippen molar-refractivity contribution < 1.29 is 17.9 Å². The molecule has 1 amide bonds. The minimum atomic E-state index is -3.63. The highest BCUT2D eigenvalue weighted by Crippen LogP contribution is 2.21. The van der Waals surface area contributed by atoms with E-state index in [-0.39, 0.29) is 10.8 Å². The Kier molecular flexibility index (Phi) is 8.03. The summed E-state index contributed by atoms with van der Waals surface area (Å²) in [6.07, 6.45) is 0.604. The third kappa shape index (κ3) is 6.67. The highest BCUT2D eigenvalue weighted by Gasteiger charge is 2.15. The molecule has 168 valence electrons. The van der Waals surface area contributed by atoms with Crippen LogP contribution in [0, 0.1) is 5.92 Å². The molecule has 3 aromatic rings. The molecule has 0 atom stereocenters. The van der Waals surface area contributed by atoms with Crippen LogP contribution in [0.3, 0.4) is 0 Å². The molecule has 0 spiro atoms. The normalized spacial score (nSPS) is 11.3. The first kappa shape index (κ1) is 23.5. The molecule has 0 fully saturated rings. The second-order valence-electron chi connectivity index (χ2n) is 7.81. The molecule has 2 N–H and O–H groups in total. The molecule has 0 aromatic heterocycles. The fourth-order valence-corrected chi connectivity index (χ4v) is 4.04. The Bertz CT molecular complexity index is 1130. The maximum atomic E-state index is 12.7. The van der Waals surface area contributed by atoms with E-state index in [2.05, 4.69) is 10.0 Å². The number of sulfonamides is 1. The van der Waals surface area contributed by atoms with Gasteiger partial charge in [0.05, 0.1) is 17.1 Å². The first-order valence-electron chi connectivity index (χ1n) is 10.5. The van der Waals surface area contributed by atoms with Crippen LogP contribution in [0.4, 0.5) is 5.69 Å². The van der Waals surface area contributed by atoms with Gasteiger partial charge < -0.3 is 10.1 Å². The van der Waals surface area contributed by atoms with E-state index in [0.29, 0.717) is 42.5 Å². The fourth-order valence-electron chi connectivity index (χ4n) is 3.01. The molecule has 0 aliphatic carbocycles. The molecule has 0 saturated carbocycles. The Labute approximate surface area is 189 Å². The van der Waals surface area contributed by atoms with E-state index in [9.17, 15) is 13.2 Å². The summed E-state index contributed by atoms with van der Waals surface area (Å²) in [5.41, 5.74) is 1.98. The largest absolute Gasteiger partial charge is 0.492 e. The van der Waals surface area contributed by atoms with Gasteiger partial charge in [0.2, 0.25) is 10.0 Å². The Morgan fingerprint density at radius 2 is 1.56 bits per heavy atom. The fraction of sp³-hybridized carbons (Fsp3) is 0.240. The Morgan fingerprint density at radius 3 is 2.25 bits per heavy atom. The van der Waals surface area contributed by atoms with Gasteiger partial charge in [0.15, 0.2) is 0 Å². The number of hydrogen-bond donors (Lipinski definition) is 2. The summed E-state index contributed by atoms with van der Waals surface area (Å²) in [5.74, 6) is 0.531. The van der Waals surface area contributed by atoms with Crippen LogP contribution >= 0.6 is 0 Å². The van der Waals surface area contributed by atoms with Gasteiger partial charge in [0.25, 0.3) is 5.91 Å². The first-order chi connectivity index (χ1) is 15.3. The van der Waals surface area contributed by atoms with Gasteiger partial charge in [-0.15, -0.1) is 0 Å². The van der Waals surface area contributed by atoms with Gasteiger partial charge in [-0.1, -0.05) is 56.3 Å². The van der Waals surface area contributed by atoms with Crippen LogP contribution < -0.4 is 14.8 Å².